The highest BCUT2D eigenvalue weighted by molar-refractivity contribution is 6.30. The molecule has 0 atom stereocenters. The van der Waals surface area contributed by atoms with Crippen molar-refractivity contribution >= 4 is 23.3 Å². The summed E-state index contributed by atoms with van der Waals surface area (Å²) in [7, 11) is 0. The fraction of sp³-hybridized carbons (Fsp3) is 0.227. The molecule has 1 heterocycles. The third-order valence-corrected chi connectivity index (χ3v) is 4.49. The largest absolute Gasteiger partial charge is 0.484 e. The molecule has 29 heavy (non-hydrogen) atoms. The smallest absolute Gasteiger partial charge is 0.257 e. The number of benzene rings is 2. The summed E-state index contributed by atoms with van der Waals surface area (Å²) in [6, 6.07) is 13.4. The SMILES string of the molecule is Cc1cnn(CCCNC(=O)COc2ccc(C(=O)c3ccc(Cl)cc3)cc2)c1. The Hall–Kier alpha value is -3.12. The van der Waals surface area contributed by atoms with Gasteiger partial charge in [0.1, 0.15) is 5.75 Å². The van der Waals surface area contributed by atoms with Crippen LogP contribution in [-0.2, 0) is 11.3 Å². The van der Waals surface area contributed by atoms with Gasteiger partial charge < -0.3 is 10.1 Å². The summed E-state index contributed by atoms with van der Waals surface area (Å²) in [5.74, 6) is 0.237. The molecule has 0 saturated carbocycles. The normalized spacial score (nSPS) is 10.6. The number of ether oxygens (including phenoxy) is 1. The van der Waals surface area contributed by atoms with Crippen LogP contribution < -0.4 is 10.1 Å². The molecule has 0 bridgehead atoms. The fourth-order valence-electron chi connectivity index (χ4n) is 2.73. The molecule has 1 aromatic heterocycles. The van der Waals surface area contributed by atoms with E-state index >= 15 is 0 Å². The minimum Gasteiger partial charge on any atom is -0.484 e. The predicted molar refractivity (Wildman–Crippen MR) is 111 cm³/mol. The molecule has 1 amide bonds. The standard InChI is InChI=1S/C22H22ClN3O3/c1-16-13-25-26(14-16)12-2-11-24-21(27)15-29-20-9-5-18(6-10-20)22(28)17-3-7-19(23)8-4-17/h3-10,13-14H,2,11-12,15H2,1H3,(H,24,27). The van der Waals surface area contributed by atoms with E-state index in [1.807, 2.05) is 17.8 Å². The number of nitrogens with one attached hydrogen (secondary N) is 1. The second-order valence-electron chi connectivity index (χ2n) is 6.63. The number of halogens is 1. The van der Waals surface area contributed by atoms with Crippen molar-refractivity contribution in [2.75, 3.05) is 13.2 Å². The van der Waals surface area contributed by atoms with Crippen molar-refractivity contribution in [3.63, 3.8) is 0 Å². The molecular formula is C22H22ClN3O3. The number of hydrogen-bond acceptors (Lipinski definition) is 4. The summed E-state index contributed by atoms with van der Waals surface area (Å²) >= 11 is 5.85. The van der Waals surface area contributed by atoms with Gasteiger partial charge in [0, 0.05) is 35.4 Å². The van der Waals surface area contributed by atoms with Crippen LogP contribution in [0.5, 0.6) is 5.75 Å². The highest BCUT2D eigenvalue weighted by atomic mass is 35.5. The van der Waals surface area contributed by atoms with E-state index in [1.54, 1.807) is 54.7 Å². The lowest BCUT2D eigenvalue weighted by molar-refractivity contribution is -0.123. The van der Waals surface area contributed by atoms with Gasteiger partial charge in [-0.25, -0.2) is 0 Å². The zero-order chi connectivity index (χ0) is 20.6. The molecule has 0 fully saturated rings. The lowest BCUT2D eigenvalue weighted by atomic mass is 10.0. The molecule has 0 aliphatic heterocycles. The van der Waals surface area contributed by atoms with Crippen LogP contribution in [0.15, 0.2) is 60.9 Å². The van der Waals surface area contributed by atoms with E-state index in [9.17, 15) is 9.59 Å². The Balaban J connectivity index is 1.40. The predicted octanol–water partition coefficient (Wildman–Crippen LogP) is 3.66. The molecule has 150 valence electrons. The number of amides is 1. The molecule has 0 saturated heterocycles. The van der Waals surface area contributed by atoms with Crippen LogP contribution in [0.25, 0.3) is 0 Å². The summed E-state index contributed by atoms with van der Waals surface area (Å²) in [6.45, 7) is 3.21. The number of nitrogens with zero attached hydrogens (tertiary/aromatic N) is 2. The molecule has 7 heteroatoms. The summed E-state index contributed by atoms with van der Waals surface area (Å²) in [6.07, 6.45) is 4.56. The third kappa shape index (κ3) is 6.19. The minimum atomic E-state index is -0.192. The molecule has 0 spiro atoms. The van der Waals surface area contributed by atoms with Gasteiger partial charge in [0.2, 0.25) is 0 Å². The molecule has 0 aliphatic carbocycles. The van der Waals surface area contributed by atoms with Crippen molar-refractivity contribution in [3.8, 4) is 5.75 Å². The molecule has 0 aliphatic rings. The van der Waals surface area contributed by atoms with Crippen LogP contribution in [0, 0.1) is 6.92 Å². The van der Waals surface area contributed by atoms with Crippen molar-refractivity contribution in [2.45, 2.75) is 19.9 Å². The van der Waals surface area contributed by atoms with Gasteiger partial charge in [-0.2, -0.15) is 5.10 Å². The number of aromatic nitrogens is 2. The minimum absolute atomic E-state index is 0.0780. The summed E-state index contributed by atoms with van der Waals surface area (Å²) < 4.78 is 7.34. The maximum absolute atomic E-state index is 12.4. The van der Waals surface area contributed by atoms with E-state index in [0.29, 0.717) is 28.4 Å². The van der Waals surface area contributed by atoms with Crippen molar-refractivity contribution < 1.29 is 14.3 Å². The van der Waals surface area contributed by atoms with Gasteiger partial charge in [-0.15, -0.1) is 0 Å². The molecule has 6 nitrogen and oxygen atoms in total. The first kappa shape index (κ1) is 20.6. The first-order chi connectivity index (χ1) is 14.0. The summed E-state index contributed by atoms with van der Waals surface area (Å²) in [5.41, 5.74) is 2.22. The van der Waals surface area contributed by atoms with Gasteiger partial charge in [0.15, 0.2) is 12.4 Å². The van der Waals surface area contributed by atoms with Gasteiger partial charge >= 0.3 is 0 Å². The molecule has 0 radical (unpaired) electrons. The molecule has 3 aromatic rings. The van der Waals surface area contributed by atoms with Crippen molar-refractivity contribution in [3.05, 3.63) is 82.6 Å². The fourth-order valence-corrected chi connectivity index (χ4v) is 2.85. The van der Waals surface area contributed by atoms with E-state index in [1.165, 1.54) is 0 Å². The van der Waals surface area contributed by atoms with Crippen molar-refractivity contribution in [2.24, 2.45) is 0 Å². The van der Waals surface area contributed by atoms with Gasteiger partial charge in [-0.3, -0.25) is 14.3 Å². The zero-order valence-corrected chi connectivity index (χ0v) is 16.9. The topological polar surface area (TPSA) is 73.2 Å². The van der Waals surface area contributed by atoms with E-state index in [-0.39, 0.29) is 18.3 Å². The van der Waals surface area contributed by atoms with Crippen molar-refractivity contribution in [1.82, 2.24) is 15.1 Å². The van der Waals surface area contributed by atoms with E-state index in [2.05, 4.69) is 10.4 Å². The zero-order valence-electron chi connectivity index (χ0n) is 16.1. The van der Waals surface area contributed by atoms with E-state index in [4.69, 9.17) is 16.3 Å². The number of ketones is 1. The van der Waals surface area contributed by atoms with Gasteiger partial charge in [0.05, 0.1) is 6.20 Å². The first-order valence-electron chi connectivity index (χ1n) is 9.30. The maximum Gasteiger partial charge on any atom is 0.257 e. The lowest BCUT2D eigenvalue weighted by Crippen LogP contribution is -2.30. The van der Waals surface area contributed by atoms with Crippen LogP contribution in [-0.4, -0.2) is 34.6 Å². The average molecular weight is 412 g/mol. The van der Waals surface area contributed by atoms with E-state index < -0.39 is 0 Å². The molecular weight excluding hydrogens is 390 g/mol. The number of carbonyl (C=O) groups is 2. The Kier molecular flexibility index (Phi) is 7.03. The van der Waals surface area contributed by atoms with Gasteiger partial charge in [-0.1, -0.05) is 11.6 Å². The first-order valence-corrected chi connectivity index (χ1v) is 9.68. The average Bonchev–Trinajstić information content (AvgIpc) is 3.15. The number of hydrogen-bond donors (Lipinski definition) is 1. The Labute approximate surface area is 174 Å². The Morgan fingerprint density at radius 1 is 1.07 bits per heavy atom. The second-order valence-corrected chi connectivity index (χ2v) is 7.07. The lowest BCUT2D eigenvalue weighted by Gasteiger charge is -2.08. The maximum atomic E-state index is 12.4. The van der Waals surface area contributed by atoms with Crippen LogP contribution >= 0.6 is 11.6 Å². The Morgan fingerprint density at radius 2 is 1.72 bits per heavy atom. The Morgan fingerprint density at radius 3 is 2.34 bits per heavy atom. The van der Waals surface area contributed by atoms with Crippen LogP contribution in [0.2, 0.25) is 5.02 Å². The number of carbonyl (C=O) groups excluding carboxylic acids is 2. The molecule has 0 unspecified atom stereocenters. The highest BCUT2D eigenvalue weighted by Crippen LogP contribution is 2.17. The summed E-state index contributed by atoms with van der Waals surface area (Å²) in [4.78, 5) is 24.3. The second kappa shape index (κ2) is 9.89. The monoisotopic (exact) mass is 411 g/mol. The van der Waals surface area contributed by atoms with Crippen molar-refractivity contribution in [1.29, 1.82) is 0 Å². The number of aryl methyl sites for hydroxylation is 2. The van der Waals surface area contributed by atoms with Gasteiger partial charge in [-0.05, 0) is 67.4 Å². The molecule has 1 N–H and O–H groups in total. The van der Waals surface area contributed by atoms with Crippen LogP contribution in [0.1, 0.15) is 27.9 Å². The van der Waals surface area contributed by atoms with Gasteiger partial charge in [0.25, 0.3) is 5.91 Å². The Bertz CT molecular complexity index is 966. The third-order valence-electron chi connectivity index (χ3n) is 4.24. The quantitative estimate of drug-likeness (QED) is 0.430. The molecule has 3 rings (SSSR count). The number of rotatable bonds is 9. The van der Waals surface area contributed by atoms with E-state index in [0.717, 1.165) is 18.5 Å². The molecule has 2 aromatic carbocycles. The van der Waals surface area contributed by atoms with Crippen LogP contribution in [0.4, 0.5) is 0 Å². The summed E-state index contributed by atoms with van der Waals surface area (Å²) in [5, 5.41) is 7.60. The van der Waals surface area contributed by atoms with Crippen LogP contribution in [0.3, 0.4) is 0 Å². The highest BCUT2D eigenvalue weighted by Gasteiger charge is 2.09.